The highest BCUT2D eigenvalue weighted by atomic mass is 16.5. The second kappa shape index (κ2) is 3.15. The first kappa shape index (κ1) is 8.21. The number of ether oxygens (including phenoxy) is 1. The van der Waals surface area contributed by atoms with Crippen LogP contribution in [0.4, 0.5) is 0 Å². The van der Waals surface area contributed by atoms with Gasteiger partial charge in [0.2, 0.25) is 0 Å². The van der Waals surface area contributed by atoms with Crippen molar-refractivity contribution >= 4 is 0 Å². The fraction of sp³-hybridized carbons (Fsp3) is 0.400. The summed E-state index contributed by atoms with van der Waals surface area (Å²) in [4.78, 5) is 4.19. The van der Waals surface area contributed by atoms with E-state index in [1.807, 2.05) is 6.92 Å². The van der Waals surface area contributed by atoms with Gasteiger partial charge in [0.05, 0.1) is 18.8 Å². The zero-order chi connectivity index (χ0) is 9.26. The van der Waals surface area contributed by atoms with Crippen molar-refractivity contribution in [3.8, 4) is 6.07 Å². The van der Waals surface area contributed by atoms with Crippen LogP contribution in [0.5, 0.6) is 0 Å². The van der Waals surface area contributed by atoms with Crippen LogP contribution in [-0.4, -0.2) is 11.6 Å². The van der Waals surface area contributed by atoms with Crippen molar-refractivity contribution in [1.29, 1.82) is 5.26 Å². The summed E-state index contributed by atoms with van der Waals surface area (Å²) in [7, 11) is 0. The number of aromatic nitrogens is 1. The van der Waals surface area contributed by atoms with Gasteiger partial charge in [0, 0.05) is 17.5 Å². The lowest BCUT2D eigenvalue weighted by Crippen LogP contribution is -2.14. The van der Waals surface area contributed by atoms with Crippen molar-refractivity contribution in [2.75, 3.05) is 6.61 Å². The summed E-state index contributed by atoms with van der Waals surface area (Å²) < 4.78 is 5.31. The molecule has 13 heavy (non-hydrogen) atoms. The standard InChI is InChI=1S/C10H10N2O/c1-7-9-2-3-13-6-10(9)8(4-11)5-12-7/h5H,2-3,6H2,1H3. The molecular formula is C10H10N2O. The third-order valence-electron chi connectivity index (χ3n) is 2.38. The van der Waals surface area contributed by atoms with Crippen LogP contribution in [0.1, 0.15) is 22.4 Å². The number of nitriles is 1. The zero-order valence-electron chi connectivity index (χ0n) is 7.50. The summed E-state index contributed by atoms with van der Waals surface area (Å²) in [5, 5.41) is 8.84. The van der Waals surface area contributed by atoms with Crippen molar-refractivity contribution in [1.82, 2.24) is 4.98 Å². The minimum atomic E-state index is 0.557. The lowest BCUT2D eigenvalue weighted by Gasteiger charge is -2.18. The van der Waals surface area contributed by atoms with E-state index in [9.17, 15) is 0 Å². The van der Waals surface area contributed by atoms with Crippen molar-refractivity contribution in [2.45, 2.75) is 20.0 Å². The van der Waals surface area contributed by atoms with Crippen LogP contribution < -0.4 is 0 Å². The van der Waals surface area contributed by atoms with Crippen molar-refractivity contribution in [2.24, 2.45) is 0 Å². The number of fused-ring (bicyclic) bond motifs is 1. The lowest BCUT2D eigenvalue weighted by atomic mass is 9.99. The van der Waals surface area contributed by atoms with E-state index in [1.54, 1.807) is 6.20 Å². The Kier molecular flexibility index (Phi) is 1.99. The van der Waals surface area contributed by atoms with Gasteiger partial charge in [-0.05, 0) is 18.9 Å². The van der Waals surface area contributed by atoms with Gasteiger partial charge in [0.25, 0.3) is 0 Å². The van der Waals surface area contributed by atoms with Crippen LogP contribution in [-0.2, 0) is 17.8 Å². The molecular weight excluding hydrogens is 164 g/mol. The van der Waals surface area contributed by atoms with E-state index in [1.165, 1.54) is 5.56 Å². The molecule has 1 aliphatic rings. The number of nitrogens with zero attached hydrogens (tertiary/aromatic N) is 2. The maximum absolute atomic E-state index is 8.84. The molecule has 0 atom stereocenters. The van der Waals surface area contributed by atoms with Gasteiger partial charge in [-0.15, -0.1) is 0 Å². The molecule has 0 bridgehead atoms. The van der Waals surface area contributed by atoms with Gasteiger partial charge in [0.1, 0.15) is 6.07 Å². The second-order valence-electron chi connectivity index (χ2n) is 3.13. The van der Waals surface area contributed by atoms with Crippen LogP contribution in [0.15, 0.2) is 6.20 Å². The fourth-order valence-electron chi connectivity index (χ4n) is 1.64. The summed E-state index contributed by atoms with van der Waals surface area (Å²) >= 11 is 0. The summed E-state index contributed by atoms with van der Waals surface area (Å²) in [5.74, 6) is 0. The number of aryl methyl sites for hydroxylation is 1. The van der Waals surface area contributed by atoms with Crippen molar-refractivity contribution in [3.63, 3.8) is 0 Å². The Morgan fingerprint density at radius 3 is 3.15 bits per heavy atom. The van der Waals surface area contributed by atoms with Crippen LogP contribution in [0.3, 0.4) is 0 Å². The van der Waals surface area contributed by atoms with E-state index in [0.29, 0.717) is 12.2 Å². The highest BCUT2D eigenvalue weighted by Crippen LogP contribution is 2.21. The predicted molar refractivity (Wildman–Crippen MR) is 47.0 cm³/mol. The van der Waals surface area contributed by atoms with Crippen molar-refractivity contribution in [3.05, 3.63) is 28.6 Å². The van der Waals surface area contributed by atoms with Crippen LogP contribution in [0.25, 0.3) is 0 Å². The number of pyridine rings is 1. The first-order valence-corrected chi connectivity index (χ1v) is 4.28. The second-order valence-corrected chi connectivity index (χ2v) is 3.13. The molecule has 3 heteroatoms. The molecule has 3 nitrogen and oxygen atoms in total. The maximum Gasteiger partial charge on any atom is 0.101 e. The van der Waals surface area contributed by atoms with E-state index in [-0.39, 0.29) is 0 Å². The van der Waals surface area contributed by atoms with E-state index in [2.05, 4.69) is 11.1 Å². The van der Waals surface area contributed by atoms with Crippen LogP contribution >= 0.6 is 0 Å². The fourth-order valence-corrected chi connectivity index (χ4v) is 1.64. The molecule has 0 radical (unpaired) electrons. The molecule has 1 aromatic rings. The van der Waals surface area contributed by atoms with E-state index in [4.69, 9.17) is 10.00 Å². The molecule has 0 saturated carbocycles. The van der Waals surface area contributed by atoms with Crippen LogP contribution in [0.2, 0.25) is 0 Å². The molecule has 1 aliphatic heterocycles. The Balaban J connectivity index is 2.61. The SMILES string of the molecule is Cc1ncc(C#N)c2c1CCOC2. The van der Waals surface area contributed by atoms with E-state index < -0.39 is 0 Å². The summed E-state index contributed by atoms with van der Waals surface area (Å²) in [6, 6.07) is 2.14. The van der Waals surface area contributed by atoms with Gasteiger partial charge in [-0.2, -0.15) is 5.26 Å². The highest BCUT2D eigenvalue weighted by molar-refractivity contribution is 5.43. The lowest BCUT2D eigenvalue weighted by molar-refractivity contribution is 0.110. The highest BCUT2D eigenvalue weighted by Gasteiger charge is 2.16. The van der Waals surface area contributed by atoms with E-state index >= 15 is 0 Å². The Morgan fingerprint density at radius 2 is 2.38 bits per heavy atom. The first-order valence-electron chi connectivity index (χ1n) is 4.28. The summed E-state index contributed by atoms with van der Waals surface area (Å²) in [6.45, 7) is 3.28. The van der Waals surface area contributed by atoms with E-state index in [0.717, 1.165) is 24.3 Å². The number of hydrogen-bond donors (Lipinski definition) is 0. The molecule has 0 unspecified atom stereocenters. The number of hydrogen-bond acceptors (Lipinski definition) is 3. The smallest absolute Gasteiger partial charge is 0.101 e. The van der Waals surface area contributed by atoms with Crippen molar-refractivity contribution < 1.29 is 4.74 Å². The van der Waals surface area contributed by atoms with Gasteiger partial charge in [-0.3, -0.25) is 4.98 Å². The number of rotatable bonds is 0. The molecule has 2 heterocycles. The average Bonchev–Trinajstić information content (AvgIpc) is 2.19. The Hall–Kier alpha value is -1.40. The van der Waals surface area contributed by atoms with Gasteiger partial charge in [-0.1, -0.05) is 0 Å². The quantitative estimate of drug-likeness (QED) is 0.596. The Labute approximate surface area is 77.0 Å². The molecule has 1 aromatic heterocycles. The minimum Gasteiger partial charge on any atom is -0.376 e. The monoisotopic (exact) mass is 174 g/mol. The minimum absolute atomic E-state index is 0.557. The topological polar surface area (TPSA) is 45.9 Å². The largest absolute Gasteiger partial charge is 0.376 e. The van der Waals surface area contributed by atoms with Gasteiger partial charge in [0.15, 0.2) is 0 Å². The molecule has 0 aliphatic carbocycles. The average molecular weight is 174 g/mol. The molecule has 0 aromatic carbocycles. The third-order valence-corrected chi connectivity index (χ3v) is 2.38. The third kappa shape index (κ3) is 1.30. The summed E-state index contributed by atoms with van der Waals surface area (Å²) in [6.07, 6.45) is 2.51. The molecule has 0 fully saturated rings. The van der Waals surface area contributed by atoms with Gasteiger partial charge < -0.3 is 4.74 Å². The van der Waals surface area contributed by atoms with Gasteiger partial charge in [-0.25, -0.2) is 0 Å². The normalized spacial score (nSPS) is 14.8. The Bertz CT molecular complexity index is 379. The zero-order valence-corrected chi connectivity index (χ0v) is 7.50. The van der Waals surface area contributed by atoms with Crippen LogP contribution in [0, 0.1) is 18.3 Å². The molecule has 0 amide bonds. The molecule has 66 valence electrons. The molecule has 2 rings (SSSR count). The Morgan fingerprint density at radius 1 is 1.54 bits per heavy atom. The molecule has 0 N–H and O–H groups in total. The maximum atomic E-state index is 8.84. The first-order chi connectivity index (χ1) is 6.33. The molecule has 0 spiro atoms. The molecule has 0 saturated heterocycles. The summed E-state index contributed by atoms with van der Waals surface area (Å²) in [5.41, 5.74) is 3.91. The predicted octanol–water partition coefficient (Wildman–Crippen LogP) is 1.33. The van der Waals surface area contributed by atoms with Gasteiger partial charge >= 0.3 is 0 Å².